The zero-order valence-electron chi connectivity index (χ0n) is 23.8. The largest absolute Gasteiger partial charge is 0.508 e. The first-order valence-electron chi connectivity index (χ1n) is 15.0. The summed E-state index contributed by atoms with van der Waals surface area (Å²) in [6.45, 7) is 4.79. The Hall–Kier alpha value is -2.82. The predicted octanol–water partition coefficient (Wildman–Crippen LogP) is 8.94. The minimum Gasteiger partial charge on any atom is -0.508 e. The molecule has 2 aromatic carbocycles. The summed E-state index contributed by atoms with van der Waals surface area (Å²) in [7, 11) is 0. The second-order valence-electron chi connectivity index (χ2n) is 10.6. The molecule has 0 heterocycles. The van der Waals surface area contributed by atoms with Crippen LogP contribution in [-0.2, 0) is 0 Å². The van der Waals surface area contributed by atoms with Gasteiger partial charge in [0.05, 0.1) is 0 Å². The highest BCUT2D eigenvalue weighted by Crippen LogP contribution is 2.18. The van der Waals surface area contributed by atoms with E-state index in [-0.39, 0.29) is 17.6 Å². The van der Waals surface area contributed by atoms with Crippen LogP contribution < -0.4 is 10.6 Å². The number of nitrogens with one attached hydrogen (secondary N) is 2. The zero-order chi connectivity index (χ0) is 27.4. The Morgan fingerprint density at radius 3 is 1.66 bits per heavy atom. The number of carbonyl (C=O) groups is 2. The van der Waals surface area contributed by atoms with Crippen LogP contribution in [-0.4, -0.2) is 23.5 Å². The Morgan fingerprint density at radius 2 is 1.16 bits per heavy atom. The van der Waals surface area contributed by atoms with Gasteiger partial charge in [0.25, 0.3) is 11.8 Å². The quantitative estimate of drug-likeness (QED) is 0.120. The summed E-state index contributed by atoms with van der Waals surface area (Å²) in [5, 5.41) is 15.2. The molecule has 0 aliphatic heterocycles. The lowest BCUT2D eigenvalue weighted by Crippen LogP contribution is -2.24. The molecule has 0 unspecified atom stereocenters. The van der Waals surface area contributed by atoms with Crippen molar-refractivity contribution in [1.82, 2.24) is 5.32 Å². The molecule has 5 nitrogen and oxygen atoms in total. The fourth-order valence-corrected chi connectivity index (χ4v) is 4.78. The predicted molar refractivity (Wildman–Crippen MR) is 159 cm³/mol. The smallest absolute Gasteiger partial charge is 0.255 e. The number of benzene rings is 2. The zero-order valence-corrected chi connectivity index (χ0v) is 23.8. The third-order valence-corrected chi connectivity index (χ3v) is 7.17. The number of hydrogen-bond donors (Lipinski definition) is 3. The molecule has 2 rings (SSSR count). The lowest BCUT2D eigenvalue weighted by Gasteiger charge is -2.10. The number of carbonyl (C=O) groups excluding carboxylic acids is 2. The van der Waals surface area contributed by atoms with E-state index in [9.17, 15) is 14.7 Å². The maximum Gasteiger partial charge on any atom is 0.255 e. The van der Waals surface area contributed by atoms with E-state index in [0.29, 0.717) is 23.4 Å². The van der Waals surface area contributed by atoms with Crippen molar-refractivity contribution in [2.75, 3.05) is 11.9 Å². The van der Waals surface area contributed by atoms with Crippen LogP contribution in [0.2, 0.25) is 0 Å². The molecule has 0 fully saturated rings. The molecule has 210 valence electrons. The third kappa shape index (κ3) is 13.1. The standard InChI is InChI=1S/C33H50N2O3/c1-3-4-5-6-7-8-9-10-11-12-13-14-15-16-17-18-25-34-32(37)28-19-24-31(27(2)26-28)33(38)35-29-20-22-30(36)23-21-29/h19-24,26,36H,3-18,25H2,1-2H3,(H,34,37)(H,35,38). The van der Waals surface area contributed by atoms with Crippen LogP contribution in [0.25, 0.3) is 0 Å². The maximum absolute atomic E-state index is 12.6. The van der Waals surface area contributed by atoms with Crippen molar-refractivity contribution in [2.24, 2.45) is 0 Å². The van der Waals surface area contributed by atoms with Gasteiger partial charge in [0.15, 0.2) is 0 Å². The summed E-state index contributed by atoms with van der Waals surface area (Å²) in [5.41, 5.74) is 2.44. The Morgan fingerprint density at radius 1 is 0.658 bits per heavy atom. The number of aryl methyl sites for hydroxylation is 1. The van der Waals surface area contributed by atoms with E-state index in [1.807, 2.05) is 6.92 Å². The van der Waals surface area contributed by atoms with E-state index in [1.54, 1.807) is 30.3 Å². The van der Waals surface area contributed by atoms with Gasteiger partial charge in [-0.2, -0.15) is 0 Å². The summed E-state index contributed by atoms with van der Waals surface area (Å²) in [6, 6.07) is 11.5. The average molecular weight is 523 g/mol. The molecule has 0 radical (unpaired) electrons. The molecule has 3 N–H and O–H groups in total. The lowest BCUT2D eigenvalue weighted by atomic mass is 10.0. The van der Waals surface area contributed by atoms with Gasteiger partial charge in [-0.1, -0.05) is 103 Å². The molecule has 0 aliphatic carbocycles. The van der Waals surface area contributed by atoms with Gasteiger partial charge >= 0.3 is 0 Å². The third-order valence-electron chi connectivity index (χ3n) is 7.17. The monoisotopic (exact) mass is 522 g/mol. The second-order valence-corrected chi connectivity index (χ2v) is 10.6. The minimum absolute atomic E-state index is 0.0976. The van der Waals surface area contributed by atoms with Gasteiger partial charge in [-0.25, -0.2) is 0 Å². The molecule has 0 spiro atoms. The number of hydrogen-bond acceptors (Lipinski definition) is 3. The molecule has 2 aromatic rings. The van der Waals surface area contributed by atoms with Crippen LogP contribution in [0.3, 0.4) is 0 Å². The Kier molecular flexibility index (Phi) is 15.9. The molecule has 0 atom stereocenters. The van der Waals surface area contributed by atoms with E-state index in [4.69, 9.17) is 0 Å². The van der Waals surface area contributed by atoms with Gasteiger partial charge in [-0.05, 0) is 61.4 Å². The number of phenols is 1. The number of rotatable bonds is 20. The van der Waals surface area contributed by atoms with Crippen LogP contribution in [0.15, 0.2) is 42.5 Å². The van der Waals surface area contributed by atoms with Gasteiger partial charge in [-0.3, -0.25) is 9.59 Å². The molecule has 0 aliphatic rings. The number of phenolic OH excluding ortho intramolecular Hbond substituents is 1. The second kappa shape index (κ2) is 19.3. The van der Waals surface area contributed by atoms with Crippen molar-refractivity contribution in [2.45, 2.75) is 117 Å². The fourth-order valence-electron chi connectivity index (χ4n) is 4.78. The van der Waals surface area contributed by atoms with Gasteiger partial charge in [-0.15, -0.1) is 0 Å². The molecule has 2 amide bonds. The molecule has 5 heteroatoms. The molecular formula is C33H50N2O3. The van der Waals surface area contributed by atoms with E-state index >= 15 is 0 Å². The summed E-state index contributed by atoms with van der Waals surface area (Å²) in [4.78, 5) is 25.1. The van der Waals surface area contributed by atoms with Crippen molar-refractivity contribution in [1.29, 1.82) is 0 Å². The number of amides is 2. The maximum atomic E-state index is 12.6. The van der Waals surface area contributed by atoms with Crippen LogP contribution in [0.5, 0.6) is 5.75 Å². The first kappa shape index (κ1) is 31.4. The average Bonchev–Trinajstić information content (AvgIpc) is 2.91. The van der Waals surface area contributed by atoms with Gasteiger partial charge < -0.3 is 15.7 Å². The van der Waals surface area contributed by atoms with Crippen molar-refractivity contribution in [3.05, 3.63) is 59.2 Å². The van der Waals surface area contributed by atoms with Crippen LogP contribution in [0, 0.1) is 6.92 Å². The fraction of sp³-hybridized carbons (Fsp3) is 0.576. The van der Waals surface area contributed by atoms with Gasteiger partial charge in [0.1, 0.15) is 5.75 Å². The van der Waals surface area contributed by atoms with Crippen LogP contribution in [0.4, 0.5) is 5.69 Å². The first-order chi connectivity index (χ1) is 18.5. The number of aromatic hydroxyl groups is 1. The normalized spacial score (nSPS) is 10.9. The van der Waals surface area contributed by atoms with Crippen molar-refractivity contribution >= 4 is 17.5 Å². The van der Waals surface area contributed by atoms with Crippen molar-refractivity contribution in [3.8, 4) is 5.75 Å². The van der Waals surface area contributed by atoms with Gasteiger partial charge in [0, 0.05) is 23.4 Å². The SMILES string of the molecule is CCCCCCCCCCCCCCCCCCNC(=O)c1ccc(C(=O)Nc2ccc(O)cc2)c(C)c1. The Bertz CT molecular complexity index is 940. The van der Waals surface area contributed by atoms with E-state index in [0.717, 1.165) is 18.4 Å². The van der Waals surface area contributed by atoms with Crippen molar-refractivity contribution < 1.29 is 14.7 Å². The summed E-state index contributed by atoms with van der Waals surface area (Å²) in [6.07, 6.45) is 21.4. The molecular weight excluding hydrogens is 472 g/mol. The number of unbranched alkanes of at least 4 members (excludes halogenated alkanes) is 15. The van der Waals surface area contributed by atoms with Crippen LogP contribution in [0.1, 0.15) is 136 Å². The Labute approximate surface area is 230 Å². The summed E-state index contributed by atoms with van der Waals surface area (Å²) < 4.78 is 0. The number of anilines is 1. The highest BCUT2D eigenvalue weighted by Gasteiger charge is 2.13. The minimum atomic E-state index is -0.242. The highest BCUT2D eigenvalue weighted by atomic mass is 16.3. The first-order valence-corrected chi connectivity index (χ1v) is 15.0. The lowest BCUT2D eigenvalue weighted by molar-refractivity contribution is 0.0951. The van der Waals surface area contributed by atoms with Crippen LogP contribution >= 0.6 is 0 Å². The van der Waals surface area contributed by atoms with Gasteiger partial charge in [0.2, 0.25) is 0 Å². The van der Waals surface area contributed by atoms with E-state index in [1.165, 1.54) is 102 Å². The molecule has 0 saturated heterocycles. The Balaban J connectivity index is 1.49. The summed E-state index contributed by atoms with van der Waals surface area (Å²) in [5.74, 6) is -0.193. The summed E-state index contributed by atoms with van der Waals surface area (Å²) >= 11 is 0. The van der Waals surface area contributed by atoms with E-state index in [2.05, 4.69) is 17.6 Å². The molecule has 0 bridgehead atoms. The van der Waals surface area contributed by atoms with E-state index < -0.39 is 0 Å². The topological polar surface area (TPSA) is 78.4 Å². The molecule has 38 heavy (non-hydrogen) atoms. The molecule has 0 aromatic heterocycles. The van der Waals surface area contributed by atoms with Crippen molar-refractivity contribution in [3.63, 3.8) is 0 Å². The highest BCUT2D eigenvalue weighted by molar-refractivity contribution is 6.06. The molecule has 0 saturated carbocycles.